The van der Waals surface area contributed by atoms with E-state index in [1.807, 2.05) is 13.8 Å². The Hall–Kier alpha value is -0.780. The molecule has 0 atom stereocenters. The van der Waals surface area contributed by atoms with Crippen molar-refractivity contribution in [2.45, 2.75) is 34.1 Å². The van der Waals surface area contributed by atoms with E-state index >= 15 is 0 Å². The number of nitrogens with zero attached hydrogens (tertiary/aromatic N) is 1. The van der Waals surface area contributed by atoms with E-state index in [-0.39, 0.29) is 0 Å². The molecule has 0 aliphatic heterocycles. The maximum atomic E-state index is 5.78. The van der Waals surface area contributed by atoms with Crippen molar-refractivity contribution in [2.75, 3.05) is 0 Å². The third kappa shape index (κ3) is 5.46. The van der Waals surface area contributed by atoms with Gasteiger partial charge in [-0.3, -0.25) is 4.99 Å². The Kier molecular flexibility index (Phi) is 6.30. The molecule has 0 aromatic carbocycles. The summed E-state index contributed by atoms with van der Waals surface area (Å²) < 4.78 is 0. The topological polar surface area (TPSA) is 12.4 Å². The molecule has 0 saturated carbocycles. The van der Waals surface area contributed by atoms with Gasteiger partial charge in [0.25, 0.3) is 0 Å². The van der Waals surface area contributed by atoms with Crippen molar-refractivity contribution in [3.63, 3.8) is 0 Å². The van der Waals surface area contributed by atoms with E-state index < -0.39 is 0 Å². The molecule has 0 aliphatic rings. The summed E-state index contributed by atoms with van der Waals surface area (Å²) >= 11 is 5.78. The molecule has 0 spiro atoms. The quantitative estimate of drug-likeness (QED) is 0.478. The third-order valence-electron chi connectivity index (χ3n) is 1.80. The smallest absolute Gasteiger partial charge is 0.100 e. The zero-order valence-corrected chi connectivity index (χ0v) is 9.44. The Labute approximate surface area is 85.5 Å². The second kappa shape index (κ2) is 6.71. The van der Waals surface area contributed by atoms with Crippen LogP contribution in [0.25, 0.3) is 0 Å². The van der Waals surface area contributed by atoms with Gasteiger partial charge in [0, 0.05) is 5.70 Å². The van der Waals surface area contributed by atoms with Crippen LogP contribution in [0.15, 0.2) is 33.1 Å². The van der Waals surface area contributed by atoms with Crippen LogP contribution in [0.5, 0.6) is 0 Å². The molecule has 0 saturated heterocycles. The molecular weight excluding hydrogens is 182 g/mol. The lowest BCUT2D eigenvalue weighted by Crippen LogP contribution is -1.80. The number of halogens is 1. The predicted molar refractivity (Wildman–Crippen MR) is 60.3 cm³/mol. The lowest BCUT2D eigenvalue weighted by Gasteiger charge is -1.97. The average Bonchev–Trinajstić information content (AvgIpc) is 2.13. The summed E-state index contributed by atoms with van der Waals surface area (Å²) in [6.45, 7) is 8.03. The fraction of sp³-hybridized carbons (Fsp3) is 0.455. The van der Waals surface area contributed by atoms with Crippen molar-refractivity contribution >= 4 is 17.8 Å². The minimum absolute atomic E-state index is 0.533. The molecule has 1 nitrogen and oxygen atoms in total. The lowest BCUT2D eigenvalue weighted by molar-refractivity contribution is 1.04. The summed E-state index contributed by atoms with van der Waals surface area (Å²) in [7, 11) is 0. The van der Waals surface area contributed by atoms with Gasteiger partial charge in [-0.2, -0.15) is 0 Å². The van der Waals surface area contributed by atoms with Crippen LogP contribution in [-0.4, -0.2) is 6.21 Å². The standard InChI is InChI=1S/C11H16ClN/c1-5-7-11(12)8-13-10(4)9(3)6-2/h5,8H,6H2,1-4H3/b10-9+,13-8?. The van der Waals surface area contributed by atoms with Crippen molar-refractivity contribution in [3.8, 4) is 0 Å². The first-order chi connectivity index (χ1) is 6.11. The van der Waals surface area contributed by atoms with E-state index in [4.69, 9.17) is 11.6 Å². The van der Waals surface area contributed by atoms with E-state index in [0.717, 1.165) is 12.1 Å². The van der Waals surface area contributed by atoms with Crippen LogP contribution >= 0.6 is 11.6 Å². The van der Waals surface area contributed by atoms with Gasteiger partial charge in [0.15, 0.2) is 0 Å². The Balaban J connectivity index is 4.54. The van der Waals surface area contributed by atoms with Crippen molar-refractivity contribution in [3.05, 3.63) is 28.1 Å². The van der Waals surface area contributed by atoms with Crippen LogP contribution in [-0.2, 0) is 0 Å². The average molecular weight is 198 g/mol. The minimum Gasteiger partial charge on any atom is -0.259 e. The fourth-order valence-corrected chi connectivity index (χ4v) is 0.853. The van der Waals surface area contributed by atoms with Gasteiger partial charge in [-0.05, 0) is 33.3 Å². The van der Waals surface area contributed by atoms with Crippen molar-refractivity contribution in [1.29, 1.82) is 0 Å². The predicted octanol–water partition coefficient (Wildman–Crippen LogP) is 4.06. The van der Waals surface area contributed by atoms with E-state index in [1.54, 1.807) is 12.3 Å². The molecule has 0 aliphatic carbocycles. The maximum Gasteiger partial charge on any atom is 0.100 e. The zero-order chi connectivity index (χ0) is 10.3. The molecule has 0 radical (unpaired) electrons. The molecule has 0 amide bonds. The van der Waals surface area contributed by atoms with Crippen molar-refractivity contribution in [2.24, 2.45) is 4.99 Å². The summed E-state index contributed by atoms with van der Waals surface area (Å²) in [6.07, 6.45) is 4.41. The second-order valence-electron chi connectivity index (χ2n) is 2.76. The third-order valence-corrected chi connectivity index (χ3v) is 2.01. The molecule has 0 heterocycles. The summed E-state index contributed by atoms with van der Waals surface area (Å²) in [5.41, 5.74) is 5.15. The number of hydrogen-bond acceptors (Lipinski definition) is 1. The molecular formula is C11H16ClN. The molecule has 0 aromatic rings. The van der Waals surface area contributed by atoms with Crippen molar-refractivity contribution < 1.29 is 0 Å². The summed E-state index contributed by atoms with van der Waals surface area (Å²) in [5, 5.41) is 0.533. The first kappa shape index (κ1) is 12.2. The van der Waals surface area contributed by atoms with E-state index in [9.17, 15) is 0 Å². The van der Waals surface area contributed by atoms with E-state index in [1.165, 1.54) is 5.57 Å². The van der Waals surface area contributed by atoms with Gasteiger partial charge in [0.2, 0.25) is 0 Å². The second-order valence-corrected chi connectivity index (χ2v) is 3.17. The maximum absolute atomic E-state index is 5.78. The number of rotatable bonds is 3. The molecule has 0 bridgehead atoms. The Morgan fingerprint density at radius 1 is 1.46 bits per heavy atom. The lowest BCUT2D eigenvalue weighted by atomic mass is 10.2. The highest BCUT2D eigenvalue weighted by Crippen LogP contribution is 2.08. The van der Waals surface area contributed by atoms with Crippen LogP contribution in [0.3, 0.4) is 0 Å². The monoisotopic (exact) mass is 197 g/mol. The van der Waals surface area contributed by atoms with E-state index in [0.29, 0.717) is 5.03 Å². The number of allylic oxidation sites excluding steroid dienone is 3. The molecule has 13 heavy (non-hydrogen) atoms. The molecule has 2 heteroatoms. The zero-order valence-electron chi connectivity index (χ0n) is 8.69. The Bertz CT molecular complexity index is 278. The molecule has 0 unspecified atom stereocenters. The van der Waals surface area contributed by atoms with Gasteiger partial charge in [0.05, 0.1) is 6.21 Å². The van der Waals surface area contributed by atoms with Crippen LogP contribution in [0.2, 0.25) is 0 Å². The first-order valence-corrected chi connectivity index (χ1v) is 4.76. The number of aliphatic imine (C=N–C) groups is 1. The largest absolute Gasteiger partial charge is 0.259 e. The first-order valence-electron chi connectivity index (χ1n) is 4.39. The minimum atomic E-state index is 0.533. The van der Waals surface area contributed by atoms with Gasteiger partial charge in [-0.1, -0.05) is 24.1 Å². The van der Waals surface area contributed by atoms with E-state index in [2.05, 4.69) is 24.6 Å². The number of hydrogen-bond donors (Lipinski definition) is 0. The van der Waals surface area contributed by atoms with Crippen LogP contribution in [0, 0.1) is 0 Å². The molecule has 0 fully saturated rings. The summed E-state index contributed by atoms with van der Waals surface area (Å²) in [4.78, 5) is 4.22. The van der Waals surface area contributed by atoms with Gasteiger partial charge in [-0.15, -0.1) is 5.73 Å². The van der Waals surface area contributed by atoms with Crippen LogP contribution < -0.4 is 0 Å². The normalized spacial score (nSPS) is 12.4. The summed E-state index contributed by atoms with van der Waals surface area (Å²) in [5.74, 6) is 0. The van der Waals surface area contributed by atoms with Crippen LogP contribution in [0.1, 0.15) is 34.1 Å². The molecule has 0 N–H and O–H groups in total. The molecule has 0 rings (SSSR count). The van der Waals surface area contributed by atoms with Gasteiger partial charge >= 0.3 is 0 Å². The SMILES string of the molecule is CC=C=C(Cl)C=N/C(C)=C(\C)CC. The molecule has 72 valence electrons. The van der Waals surface area contributed by atoms with Crippen molar-refractivity contribution in [1.82, 2.24) is 0 Å². The van der Waals surface area contributed by atoms with Crippen LogP contribution in [0.4, 0.5) is 0 Å². The summed E-state index contributed by atoms with van der Waals surface area (Å²) in [6, 6.07) is 0. The van der Waals surface area contributed by atoms with Gasteiger partial charge < -0.3 is 0 Å². The fourth-order valence-electron chi connectivity index (χ4n) is 0.695. The highest BCUT2D eigenvalue weighted by molar-refractivity contribution is 6.39. The highest BCUT2D eigenvalue weighted by Gasteiger charge is 1.90. The van der Waals surface area contributed by atoms with Gasteiger partial charge in [-0.25, -0.2) is 0 Å². The highest BCUT2D eigenvalue weighted by atomic mass is 35.5. The molecule has 0 aromatic heterocycles. The Morgan fingerprint density at radius 3 is 2.54 bits per heavy atom. The van der Waals surface area contributed by atoms with Gasteiger partial charge in [0.1, 0.15) is 5.03 Å². The Morgan fingerprint density at radius 2 is 2.08 bits per heavy atom.